The Balaban J connectivity index is 3.38. The molecule has 0 unspecified atom stereocenters. The fourth-order valence-corrected chi connectivity index (χ4v) is 4.30. The molecule has 0 saturated carbocycles. The summed E-state index contributed by atoms with van der Waals surface area (Å²) in [5, 5.41) is 0. The van der Waals surface area contributed by atoms with E-state index in [0.717, 1.165) is 24.3 Å². The van der Waals surface area contributed by atoms with Gasteiger partial charge in [-0.2, -0.15) is 52.7 Å². The Labute approximate surface area is 155 Å². The smallest absolute Gasteiger partial charge is 0.166 e. The van der Waals surface area contributed by atoms with Crippen molar-refractivity contribution >= 4 is 32.1 Å². The number of hydrogen-bond donors (Lipinski definition) is 0. The van der Waals surface area contributed by atoms with Crippen molar-refractivity contribution in [3.05, 3.63) is 45.1 Å². The molecule has 0 fully saturated rings. The largest absolute Gasteiger partial charge is 0.426 e. The fraction of sp³-hybridized carbons (Fsp3) is 0.286. The lowest BCUT2D eigenvalue weighted by molar-refractivity contribution is -0.179. The van der Waals surface area contributed by atoms with Crippen molar-refractivity contribution in [2.75, 3.05) is 0 Å². The zero-order chi connectivity index (χ0) is 21.7. The molecule has 1 heterocycles. The van der Waals surface area contributed by atoms with Crippen LogP contribution in [-0.4, -0.2) is 0 Å². The molecule has 2 rings (SSSR count). The lowest BCUT2D eigenvalue weighted by atomic mass is 10.1. The van der Waals surface area contributed by atoms with Crippen LogP contribution in [0.25, 0.3) is 9.40 Å². The molecule has 156 valence electrons. The molecule has 0 aliphatic rings. The lowest BCUT2D eigenvalue weighted by Crippen LogP contribution is -2.25. The second-order valence-electron chi connectivity index (χ2n) is 5.05. The van der Waals surface area contributed by atoms with E-state index < -0.39 is 77.7 Å². The van der Waals surface area contributed by atoms with E-state index in [2.05, 4.69) is 0 Å². The lowest BCUT2D eigenvalue weighted by Gasteiger charge is -2.22. The maximum absolute atomic E-state index is 13.3. The number of hydrogen-bond acceptors (Lipinski definition) is 2. The van der Waals surface area contributed by atoms with Crippen LogP contribution in [0.3, 0.4) is 0 Å². The monoisotopic (exact) mass is 464 g/mol. The quantitative estimate of drug-likeness (QED) is 0.345. The van der Waals surface area contributed by atoms with E-state index in [1.165, 1.54) is 0 Å². The summed E-state index contributed by atoms with van der Waals surface area (Å²) in [7, 11) is 0. The number of rotatable bonds is 0. The Morgan fingerprint density at radius 1 is 0.464 bits per heavy atom. The molecule has 14 heteroatoms. The fourth-order valence-electron chi connectivity index (χ4n) is 2.11. The minimum Gasteiger partial charge on any atom is -0.166 e. The minimum atomic E-state index is -6.37. The van der Waals surface area contributed by atoms with Crippen molar-refractivity contribution in [2.45, 2.75) is 24.7 Å². The van der Waals surface area contributed by atoms with Crippen molar-refractivity contribution < 1.29 is 52.7 Å². The van der Waals surface area contributed by atoms with E-state index in [-0.39, 0.29) is 0 Å². The van der Waals surface area contributed by atoms with Crippen LogP contribution in [-0.2, 0) is 24.7 Å². The molecular weight excluding hydrogens is 460 g/mol. The van der Waals surface area contributed by atoms with Crippen LogP contribution in [0, 0.1) is 0 Å². The van der Waals surface area contributed by atoms with Gasteiger partial charge < -0.3 is 0 Å². The highest BCUT2D eigenvalue weighted by atomic mass is 32.1. The summed E-state index contributed by atoms with van der Waals surface area (Å²) in [5.74, 6) is 0. The van der Waals surface area contributed by atoms with E-state index in [4.69, 9.17) is 0 Å². The molecule has 0 saturated heterocycles. The van der Waals surface area contributed by atoms with Gasteiger partial charge in [0, 0.05) is 9.40 Å². The Morgan fingerprint density at radius 3 is 0.964 bits per heavy atom. The highest BCUT2D eigenvalue weighted by Gasteiger charge is 2.54. The van der Waals surface area contributed by atoms with Crippen LogP contribution in [0.1, 0.15) is 20.9 Å². The summed E-state index contributed by atoms with van der Waals surface area (Å²) in [6, 6.07) is 3.60. The molecule has 2 aromatic rings. The maximum Gasteiger partial charge on any atom is 0.426 e. The standard InChI is InChI=1S/C14H4F12S2/c15-11(16,17)7-8(12(18,19)20)10(14(24,25)26)28-6-4-2-1-3-5(6)27-9(7)13(21,22)23/h1-4H. The van der Waals surface area contributed by atoms with Gasteiger partial charge in [-0.1, -0.05) is 12.1 Å². The van der Waals surface area contributed by atoms with Crippen molar-refractivity contribution in [1.82, 2.24) is 0 Å². The van der Waals surface area contributed by atoms with Crippen molar-refractivity contribution in [3.63, 3.8) is 0 Å². The predicted molar refractivity (Wildman–Crippen MR) is 77.3 cm³/mol. The number of halogens is 12. The SMILES string of the molecule is FC(F)(F)c1sc2ccccc2sc(C(F)(F)F)c(C(F)(F)F)c1C(F)(F)F. The summed E-state index contributed by atoms with van der Waals surface area (Å²) >= 11 is -1.44. The van der Waals surface area contributed by atoms with E-state index in [1.54, 1.807) is 0 Å². The second kappa shape index (κ2) is 6.97. The normalized spacial score (nSPS) is 13.7. The van der Waals surface area contributed by atoms with Crippen LogP contribution in [0.5, 0.6) is 0 Å². The third-order valence-electron chi connectivity index (χ3n) is 3.06. The topological polar surface area (TPSA) is 0 Å². The third-order valence-corrected chi connectivity index (χ3v) is 5.62. The van der Waals surface area contributed by atoms with E-state index in [1.807, 2.05) is 0 Å². The molecule has 0 radical (unpaired) electrons. The summed E-state index contributed by atoms with van der Waals surface area (Å²) in [6.45, 7) is 0. The summed E-state index contributed by atoms with van der Waals surface area (Å²) in [4.78, 5) is -5.66. The van der Waals surface area contributed by atoms with Crippen LogP contribution >= 0.6 is 22.7 Å². The highest BCUT2D eigenvalue weighted by Crippen LogP contribution is 2.52. The van der Waals surface area contributed by atoms with Gasteiger partial charge in [-0.05, 0) is 12.1 Å². The van der Waals surface area contributed by atoms with Gasteiger partial charge in [0.2, 0.25) is 0 Å². The molecular formula is C14H4F12S2. The predicted octanol–water partition coefficient (Wildman–Crippen LogP) is 8.16. The highest BCUT2D eigenvalue weighted by molar-refractivity contribution is 7.25. The van der Waals surface area contributed by atoms with Gasteiger partial charge in [-0.15, -0.1) is 22.7 Å². The zero-order valence-electron chi connectivity index (χ0n) is 12.7. The molecule has 0 spiro atoms. The molecule has 0 aliphatic carbocycles. The first-order valence-electron chi connectivity index (χ1n) is 6.66. The van der Waals surface area contributed by atoms with Gasteiger partial charge in [0.25, 0.3) is 0 Å². The summed E-state index contributed by atoms with van der Waals surface area (Å²) in [5.41, 5.74) is -6.85. The Morgan fingerprint density at radius 2 is 0.750 bits per heavy atom. The van der Waals surface area contributed by atoms with Crippen molar-refractivity contribution in [1.29, 1.82) is 0 Å². The first kappa shape index (κ1) is 22.6. The van der Waals surface area contributed by atoms with Crippen LogP contribution in [0.15, 0.2) is 24.3 Å². The average Bonchev–Trinajstić information content (AvgIpc) is 2.42. The zero-order valence-corrected chi connectivity index (χ0v) is 14.3. The maximum atomic E-state index is 13.3. The molecule has 0 amide bonds. The Hall–Kier alpha value is -1.70. The minimum absolute atomic E-state index is 0.704. The number of fused-ring (bicyclic) bond motifs is 1. The third kappa shape index (κ3) is 4.64. The van der Waals surface area contributed by atoms with E-state index >= 15 is 0 Å². The van der Waals surface area contributed by atoms with Crippen LogP contribution in [0.2, 0.25) is 0 Å². The molecule has 1 aromatic carbocycles. The molecule has 0 atom stereocenters. The average molecular weight is 464 g/mol. The molecule has 28 heavy (non-hydrogen) atoms. The molecule has 0 nitrogen and oxygen atoms in total. The summed E-state index contributed by atoms with van der Waals surface area (Å²) in [6.07, 6.45) is -24.7. The van der Waals surface area contributed by atoms with Gasteiger partial charge >= 0.3 is 24.7 Å². The Kier molecular flexibility index (Phi) is 5.62. The number of benzene rings is 1. The van der Waals surface area contributed by atoms with Gasteiger partial charge in [0.15, 0.2) is 0 Å². The van der Waals surface area contributed by atoms with Gasteiger partial charge in [-0.3, -0.25) is 0 Å². The number of alkyl halides is 12. The van der Waals surface area contributed by atoms with Gasteiger partial charge in [0.05, 0.1) is 11.1 Å². The molecule has 0 bridgehead atoms. The van der Waals surface area contributed by atoms with Crippen molar-refractivity contribution in [2.24, 2.45) is 0 Å². The molecule has 1 aromatic heterocycles. The van der Waals surface area contributed by atoms with E-state index in [9.17, 15) is 52.7 Å². The van der Waals surface area contributed by atoms with Crippen LogP contribution in [0.4, 0.5) is 52.7 Å². The Bertz CT molecular complexity index is 843. The van der Waals surface area contributed by atoms with Gasteiger partial charge in [-0.25, -0.2) is 0 Å². The molecule has 0 N–H and O–H groups in total. The van der Waals surface area contributed by atoms with Crippen LogP contribution < -0.4 is 0 Å². The van der Waals surface area contributed by atoms with Crippen molar-refractivity contribution in [3.8, 4) is 0 Å². The second-order valence-corrected chi connectivity index (χ2v) is 7.15. The van der Waals surface area contributed by atoms with Gasteiger partial charge in [0.1, 0.15) is 9.75 Å². The first-order chi connectivity index (χ1) is 12.4. The molecule has 0 aliphatic heterocycles. The first-order valence-corrected chi connectivity index (χ1v) is 8.29. The summed E-state index contributed by atoms with van der Waals surface area (Å²) < 4.78 is 158. The van der Waals surface area contributed by atoms with E-state index in [0.29, 0.717) is 0 Å².